The summed E-state index contributed by atoms with van der Waals surface area (Å²) in [5.74, 6) is 0.257. The maximum absolute atomic E-state index is 11.3. The second kappa shape index (κ2) is 3.97. The summed E-state index contributed by atoms with van der Waals surface area (Å²) in [5, 5.41) is 13.4. The van der Waals surface area contributed by atoms with Gasteiger partial charge in [-0.2, -0.15) is 0 Å². The molecule has 0 fully saturated rings. The zero-order chi connectivity index (χ0) is 9.84. The highest BCUT2D eigenvalue weighted by Crippen LogP contribution is 2.02. The van der Waals surface area contributed by atoms with Gasteiger partial charge in [0, 0.05) is 12.5 Å². The fraction of sp³-hybridized carbons (Fsp3) is 0.714. The van der Waals surface area contributed by atoms with Crippen LogP contribution in [-0.4, -0.2) is 26.1 Å². The quantitative estimate of drug-likeness (QED) is 0.730. The molecule has 0 saturated heterocycles. The molecule has 0 atom stereocenters. The first kappa shape index (κ1) is 9.63. The third-order valence-electron chi connectivity index (χ3n) is 1.59. The first-order valence-corrected chi connectivity index (χ1v) is 4.22. The van der Waals surface area contributed by atoms with Gasteiger partial charge in [0.1, 0.15) is 0 Å². The number of aromatic nitrogens is 4. The number of nitrogens with zero attached hydrogens (tertiary/aromatic N) is 4. The van der Waals surface area contributed by atoms with Crippen molar-refractivity contribution in [1.82, 2.24) is 20.2 Å². The van der Waals surface area contributed by atoms with Gasteiger partial charge < -0.3 is 0 Å². The van der Waals surface area contributed by atoms with Crippen LogP contribution in [0.25, 0.3) is 0 Å². The van der Waals surface area contributed by atoms with Crippen molar-refractivity contribution in [2.24, 2.45) is 5.92 Å². The average molecular weight is 183 g/mol. The Morgan fingerprint density at radius 2 is 2.31 bits per heavy atom. The van der Waals surface area contributed by atoms with E-state index in [0.29, 0.717) is 12.5 Å². The van der Waals surface area contributed by atoms with Crippen molar-refractivity contribution < 1.29 is 4.79 Å². The van der Waals surface area contributed by atoms with Crippen LogP contribution in [0.3, 0.4) is 0 Å². The van der Waals surface area contributed by atoms with Crippen molar-refractivity contribution in [3.05, 3.63) is 0 Å². The second-order valence-corrected chi connectivity index (χ2v) is 2.96. The summed E-state index contributed by atoms with van der Waals surface area (Å²) >= 11 is 0. The van der Waals surface area contributed by atoms with Gasteiger partial charge in [-0.05, 0) is 17.4 Å². The first-order chi connectivity index (χ1) is 6.15. The van der Waals surface area contributed by atoms with E-state index < -0.39 is 0 Å². The molecular formula is C7H13N5O. The molecule has 0 radical (unpaired) electrons. The van der Waals surface area contributed by atoms with Crippen LogP contribution in [0.1, 0.15) is 20.8 Å². The average Bonchev–Trinajstić information content (AvgIpc) is 2.51. The van der Waals surface area contributed by atoms with Gasteiger partial charge in [-0.15, -0.1) is 0 Å². The molecule has 72 valence electrons. The topological polar surface area (TPSA) is 72.7 Å². The Bertz CT molecular complexity index is 293. The van der Waals surface area contributed by atoms with E-state index in [1.54, 1.807) is 0 Å². The minimum atomic E-state index is -0.0792. The van der Waals surface area contributed by atoms with Gasteiger partial charge in [-0.1, -0.05) is 18.9 Å². The standard InChI is InChI=1S/C7H13N5O/c1-4-12-7(9-10-11-12)8-6(13)5(2)3/h5H,4H2,1-3H3,(H,8,9,11,13). The van der Waals surface area contributed by atoms with Crippen LogP contribution in [0.15, 0.2) is 0 Å². The molecule has 0 aliphatic rings. The van der Waals surface area contributed by atoms with E-state index in [1.807, 2.05) is 20.8 Å². The molecule has 0 bridgehead atoms. The first-order valence-electron chi connectivity index (χ1n) is 4.22. The minimum Gasteiger partial charge on any atom is -0.293 e. The normalized spacial score (nSPS) is 10.5. The molecule has 1 aromatic rings. The summed E-state index contributed by atoms with van der Waals surface area (Å²) in [6, 6.07) is 0. The van der Waals surface area contributed by atoms with Crippen molar-refractivity contribution in [1.29, 1.82) is 0 Å². The van der Waals surface area contributed by atoms with Crippen LogP contribution in [-0.2, 0) is 11.3 Å². The Balaban J connectivity index is 2.68. The van der Waals surface area contributed by atoms with E-state index in [0.717, 1.165) is 0 Å². The van der Waals surface area contributed by atoms with Crippen molar-refractivity contribution in [2.45, 2.75) is 27.3 Å². The fourth-order valence-electron chi connectivity index (χ4n) is 0.762. The van der Waals surface area contributed by atoms with Crippen molar-refractivity contribution in [3.8, 4) is 0 Å². The van der Waals surface area contributed by atoms with Crippen LogP contribution < -0.4 is 5.32 Å². The third-order valence-corrected chi connectivity index (χ3v) is 1.59. The summed E-state index contributed by atoms with van der Waals surface area (Å²) in [4.78, 5) is 11.3. The number of amides is 1. The largest absolute Gasteiger partial charge is 0.293 e. The Labute approximate surface area is 76.3 Å². The molecule has 6 heteroatoms. The zero-order valence-electron chi connectivity index (χ0n) is 7.98. The molecule has 0 aliphatic carbocycles. The van der Waals surface area contributed by atoms with Crippen molar-refractivity contribution >= 4 is 11.9 Å². The van der Waals surface area contributed by atoms with Gasteiger partial charge in [-0.3, -0.25) is 10.1 Å². The number of aryl methyl sites for hydroxylation is 1. The van der Waals surface area contributed by atoms with Crippen molar-refractivity contribution in [3.63, 3.8) is 0 Å². The highest BCUT2D eigenvalue weighted by molar-refractivity contribution is 5.90. The van der Waals surface area contributed by atoms with Gasteiger partial charge in [0.15, 0.2) is 0 Å². The number of hydrogen-bond donors (Lipinski definition) is 1. The Hall–Kier alpha value is -1.46. The highest BCUT2D eigenvalue weighted by Gasteiger charge is 2.11. The molecule has 0 spiro atoms. The fourth-order valence-corrected chi connectivity index (χ4v) is 0.762. The molecule has 1 aromatic heterocycles. The van der Waals surface area contributed by atoms with Crippen LogP contribution in [0.4, 0.5) is 5.95 Å². The van der Waals surface area contributed by atoms with E-state index in [2.05, 4.69) is 20.8 Å². The number of hydrogen-bond acceptors (Lipinski definition) is 4. The molecule has 0 aliphatic heterocycles. The summed E-state index contributed by atoms with van der Waals surface area (Å²) in [6.45, 7) is 6.17. The second-order valence-electron chi connectivity index (χ2n) is 2.96. The molecule has 0 unspecified atom stereocenters. The number of tetrazole rings is 1. The Morgan fingerprint density at radius 1 is 1.62 bits per heavy atom. The van der Waals surface area contributed by atoms with E-state index in [9.17, 15) is 4.79 Å². The van der Waals surface area contributed by atoms with Crippen LogP contribution in [0.5, 0.6) is 0 Å². The van der Waals surface area contributed by atoms with E-state index >= 15 is 0 Å². The van der Waals surface area contributed by atoms with Crippen LogP contribution in [0.2, 0.25) is 0 Å². The Morgan fingerprint density at radius 3 is 2.85 bits per heavy atom. The summed E-state index contributed by atoms with van der Waals surface area (Å²) in [5.41, 5.74) is 0. The molecule has 1 heterocycles. The Kier molecular flexibility index (Phi) is 2.94. The van der Waals surface area contributed by atoms with Gasteiger partial charge in [0.05, 0.1) is 0 Å². The lowest BCUT2D eigenvalue weighted by molar-refractivity contribution is -0.119. The molecule has 6 nitrogen and oxygen atoms in total. The number of nitrogens with one attached hydrogen (secondary N) is 1. The molecule has 0 aromatic carbocycles. The summed E-state index contributed by atoms with van der Waals surface area (Å²) in [6.07, 6.45) is 0. The maximum Gasteiger partial charge on any atom is 0.249 e. The monoisotopic (exact) mass is 183 g/mol. The lowest BCUT2D eigenvalue weighted by Gasteiger charge is -2.05. The van der Waals surface area contributed by atoms with Gasteiger partial charge in [0.25, 0.3) is 0 Å². The number of carbonyl (C=O) groups excluding carboxylic acids is 1. The molecule has 1 N–H and O–H groups in total. The number of anilines is 1. The van der Waals surface area contributed by atoms with Gasteiger partial charge in [0.2, 0.25) is 11.9 Å². The molecule has 0 saturated carbocycles. The number of rotatable bonds is 3. The SMILES string of the molecule is CCn1nnnc1NC(=O)C(C)C. The summed E-state index contributed by atoms with van der Waals surface area (Å²) in [7, 11) is 0. The van der Waals surface area contributed by atoms with E-state index in [1.165, 1.54) is 4.68 Å². The zero-order valence-corrected chi connectivity index (χ0v) is 7.98. The van der Waals surface area contributed by atoms with E-state index in [4.69, 9.17) is 0 Å². The van der Waals surface area contributed by atoms with Gasteiger partial charge >= 0.3 is 0 Å². The van der Waals surface area contributed by atoms with Gasteiger partial charge in [-0.25, -0.2) is 4.68 Å². The minimum absolute atomic E-state index is 0.0676. The molecule has 1 amide bonds. The van der Waals surface area contributed by atoms with E-state index in [-0.39, 0.29) is 11.8 Å². The molecular weight excluding hydrogens is 170 g/mol. The summed E-state index contributed by atoms with van der Waals surface area (Å²) < 4.78 is 1.53. The number of carbonyl (C=O) groups is 1. The smallest absolute Gasteiger partial charge is 0.249 e. The maximum atomic E-state index is 11.3. The molecule has 1 rings (SSSR count). The van der Waals surface area contributed by atoms with Crippen LogP contribution in [0, 0.1) is 5.92 Å². The predicted octanol–water partition coefficient (Wildman–Crippen LogP) is 0.287. The lowest BCUT2D eigenvalue weighted by Crippen LogP contribution is -2.20. The van der Waals surface area contributed by atoms with Crippen molar-refractivity contribution in [2.75, 3.05) is 5.32 Å². The predicted molar refractivity (Wildman–Crippen MR) is 47.0 cm³/mol. The highest BCUT2D eigenvalue weighted by atomic mass is 16.2. The lowest BCUT2D eigenvalue weighted by atomic mass is 10.2. The molecule has 13 heavy (non-hydrogen) atoms. The third kappa shape index (κ3) is 2.24. The van der Waals surface area contributed by atoms with Crippen LogP contribution >= 0.6 is 0 Å².